The zero-order valence-electron chi connectivity index (χ0n) is 15.3. The maximum Gasteiger partial charge on any atom is 0.411 e. The number of likely N-dealkylation sites (tertiary alicyclic amines) is 1. The van der Waals surface area contributed by atoms with E-state index >= 15 is 0 Å². The van der Waals surface area contributed by atoms with Crippen molar-refractivity contribution in [3.05, 3.63) is 35.9 Å². The van der Waals surface area contributed by atoms with Crippen molar-refractivity contribution in [2.45, 2.75) is 64.4 Å². The zero-order chi connectivity index (χ0) is 18.7. The Morgan fingerprint density at radius 2 is 1.92 bits per heavy atom. The van der Waals surface area contributed by atoms with Crippen LogP contribution in [-0.2, 0) is 20.9 Å². The Morgan fingerprint density at radius 3 is 2.48 bits per heavy atom. The van der Waals surface area contributed by atoms with E-state index in [0.29, 0.717) is 6.42 Å². The Morgan fingerprint density at radius 1 is 1.28 bits per heavy atom. The van der Waals surface area contributed by atoms with E-state index in [4.69, 9.17) is 9.47 Å². The Kier molecular flexibility index (Phi) is 5.72. The van der Waals surface area contributed by atoms with Gasteiger partial charge in [-0.05, 0) is 32.8 Å². The van der Waals surface area contributed by atoms with Crippen molar-refractivity contribution in [2.24, 2.45) is 0 Å². The van der Waals surface area contributed by atoms with Crippen LogP contribution in [0, 0.1) is 0 Å². The highest BCUT2D eigenvalue weighted by Crippen LogP contribution is 2.32. The predicted molar refractivity (Wildman–Crippen MR) is 92.8 cm³/mol. The van der Waals surface area contributed by atoms with Gasteiger partial charge in [0.1, 0.15) is 18.2 Å². The second-order valence-corrected chi connectivity index (χ2v) is 7.50. The van der Waals surface area contributed by atoms with E-state index in [1.165, 1.54) is 4.90 Å². The topological polar surface area (TPSA) is 76.1 Å². The van der Waals surface area contributed by atoms with Crippen LogP contribution < -0.4 is 0 Å². The summed E-state index contributed by atoms with van der Waals surface area (Å²) >= 11 is 0. The molecular weight excluding hydrogens is 322 g/mol. The molecule has 0 radical (unpaired) electrons. The van der Waals surface area contributed by atoms with Gasteiger partial charge in [-0.3, -0.25) is 4.90 Å². The second kappa shape index (κ2) is 7.44. The minimum Gasteiger partial charge on any atom is -0.459 e. The standard InChI is InChI=1S/C19H27NO5/c1-5-19(23)11-15(20(13-19)17(22)25-18(2,3)4)16(21)24-12-14-9-7-6-8-10-14/h6-10,15,23H,5,11-13H2,1-4H3/t15-,19+/m0/s1. The molecule has 1 aromatic rings. The van der Waals surface area contributed by atoms with Crippen molar-refractivity contribution < 1.29 is 24.2 Å². The van der Waals surface area contributed by atoms with E-state index in [1.807, 2.05) is 37.3 Å². The van der Waals surface area contributed by atoms with Crippen LogP contribution in [0.4, 0.5) is 4.79 Å². The van der Waals surface area contributed by atoms with Crippen molar-refractivity contribution in [1.82, 2.24) is 4.90 Å². The SMILES string of the molecule is CC[C@@]1(O)C[C@@H](C(=O)OCc2ccccc2)N(C(=O)OC(C)(C)C)C1. The molecule has 1 heterocycles. The van der Waals surface area contributed by atoms with Crippen LogP contribution in [0.3, 0.4) is 0 Å². The molecule has 0 saturated carbocycles. The molecule has 25 heavy (non-hydrogen) atoms. The van der Waals surface area contributed by atoms with Gasteiger partial charge in [-0.15, -0.1) is 0 Å². The van der Waals surface area contributed by atoms with Crippen LogP contribution in [0.1, 0.15) is 46.1 Å². The van der Waals surface area contributed by atoms with E-state index in [1.54, 1.807) is 20.8 Å². The highest BCUT2D eigenvalue weighted by molar-refractivity contribution is 5.82. The van der Waals surface area contributed by atoms with Crippen molar-refractivity contribution in [1.29, 1.82) is 0 Å². The normalized spacial score (nSPS) is 23.4. The van der Waals surface area contributed by atoms with E-state index in [-0.39, 0.29) is 19.6 Å². The summed E-state index contributed by atoms with van der Waals surface area (Å²) in [5.41, 5.74) is -0.918. The molecule has 1 aliphatic rings. The lowest BCUT2D eigenvalue weighted by Crippen LogP contribution is -2.44. The molecule has 0 unspecified atom stereocenters. The minimum atomic E-state index is -1.10. The Balaban J connectivity index is 2.08. The van der Waals surface area contributed by atoms with Gasteiger partial charge in [-0.25, -0.2) is 9.59 Å². The predicted octanol–water partition coefficient (Wildman–Crippen LogP) is 2.88. The second-order valence-electron chi connectivity index (χ2n) is 7.50. The number of esters is 1. The van der Waals surface area contributed by atoms with E-state index in [2.05, 4.69) is 0 Å². The fraction of sp³-hybridized carbons (Fsp3) is 0.579. The molecule has 1 amide bonds. The van der Waals surface area contributed by atoms with Gasteiger partial charge in [0, 0.05) is 6.42 Å². The summed E-state index contributed by atoms with van der Waals surface area (Å²) in [6.07, 6.45) is -0.0240. The first kappa shape index (κ1) is 19.2. The maximum atomic E-state index is 12.5. The molecule has 2 atom stereocenters. The Labute approximate surface area is 148 Å². The number of nitrogens with zero attached hydrogens (tertiary/aromatic N) is 1. The quantitative estimate of drug-likeness (QED) is 0.846. The molecule has 6 heteroatoms. The number of hydrogen-bond donors (Lipinski definition) is 1. The van der Waals surface area contributed by atoms with Crippen molar-refractivity contribution in [3.63, 3.8) is 0 Å². The summed E-state index contributed by atoms with van der Waals surface area (Å²) in [5.74, 6) is -0.529. The smallest absolute Gasteiger partial charge is 0.411 e. The fourth-order valence-corrected chi connectivity index (χ4v) is 2.77. The number of amides is 1. The third kappa shape index (κ3) is 5.19. The summed E-state index contributed by atoms with van der Waals surface area (Å²) in [5, 5.41) is 10.6. The number of rotatable bonds is 4. The molecule has 0 aromatic heterocycles. The van der Waals surface area contributed by atoms with Crippen LogP contribution >= 0.6 is 0 Å². The zero-order valence-corrected chi connectivity index (χ0v) is 15.3. The van der Waals surface area contributed by atoms with E-state index < -0.39 is 29.3 Å². The Bertz CT molecular complexity index is 610. The number of β-amino-alcohol motifs (C(OH)–C–C–N with tert-alkyl or cyclic N) is 1. The largest absolute Gasteiger partial charge is 0.459 e. The highest BCUT2D eigenvalue weighted by Gasteiger charge is 2.48. The third-order valence-corrected chi connectivity index (χ3v) is 4.20. The lowest BCUT2D eigenvalue weighted by molar-refractivity contribution is -0.150. The summed E-state index contributed by atoms with van der Waals surface area (Å²) in [4.78, 5) is 26.2. The molecule has 1 saturated heterocycles. The summed E-state index contributed by atoms with van der Waals surface area (Å²) < 4.78 is 10.7. The molecule has 0 bridgehead atoms. The van der Waals surface area contributed by atoms with Crippen LogP contribution in [0.25, 0.3) is 0 Å². The van der Waals surface area contributed by atoms with Gasteiger partial charge < -0.3 is 14.6 Å². The third-order valence-electron chi connectivity index (χ3n) is 4.20. The Hall–Kier alpha value is -2.08. The number of carbonyl (C=O) groups is 2. The molecule has 1 aromatic carbocycles. The molecule has 0 aliphatic carbocycles. The average Bonchev–Trinajstić information content (AvgIpc) is 2.91. The first-order chi connectivity index (χ1) is 11.6. The van der Waals surface area contributed by atoms with E-state index in [0.717, 1.165) is 5.56 Å². The van der Waals surface area contributed by atoms with Gasteiger partial charge in [0.15, 0.2) is 0 Å². The summed E-state index contributed by atoms with van der Waals surface area (Å²) in [7, 11) is 0. The minimum absolute atomic E-state index is 0.0590. The van der Waals surface area contributed by atoms with Gasteiger partial charge in [-0.2, -0.15) is 0 Å². The number of hydrogen-bond acceptors (Lipinski definition) is 5. The number of ether oxygens (including phenoxy) is 2. The van der Waals surface area contributed by atoms with Gasteiger partial charge in [0.2, 0.25) is 0 Å². The van der Waals surface area contributed by atoms with Crippen molar-refractivity contribution >= 4 is 12.1 Å². The first-order valence-electron chi connectivity index (χ1n) is 8.56. The van der Waals surface area contributed by atoms with Gasteiger partial charge in [0.05, 0.1) is 12.1 Å². The van der Waals surface area contributed by atoms with Crippen LogP contribution in [0.5, 0.6) is 0 Å². The monoisotopic (exact) mass is 349 g/mol. The maximum absolute atomic E-state index is 12.5. The van der Waals surface area contributed by atoms with Gasteiger partial charge in [-0.1, -0.05) is 37.3 Å². The van der Waals surface area contributed by atoms with Gasteiger partial charge >= 0.3 is 12.1 Å². The molecule has 0 spiro atoms. The molecule has 6 nitrogen and oxygen atoms in total. The van der Waals surface area contributed by atoms with E-state index in [9.17, 15) is 14.7 Å². The van der Waals surface area contributed by atoms with Gasteiger partial charge in [0.25, 0.3) is 0 Å². The molecule has 2 rings (SSSR count). The molecule has 1 fully saturated rings. The lowest BCUT2D eigenvalue weighted by Gasteiger charge is -2.27. The van der Waals surface area contributed by atoms with Crippen molar-refractivity contribution in [3.8, 4) is 0 Å². The first-order valence-corrected chi connectivity index (χ1v) is 8.56. The summed E-state index contributed by atoms with van der Waals surface area (Å²) in [6.45, 7) is 7.29. The average molecular weight is 349 g/mol. The van der Waals surface area contributed by atoms with Crippen molar-refractivity contribution in [2.75, 3.05) is 6.54 Å². The fourth-order valence-electron chi connectivity index (χ4n) is 2.77. The van der Waals surface area contributed by atoms with Crippen LogP contribution in [0.15, 0.2) is 30.3 Å². The summed E-state index contributed by atoms with van der Waals surface area (Å²) in [6, 6.07) is 8.48. The number of aliphatic hydroxyl groups is 1. The molecule has 1 N–H and O–H groups in total. The highest BCUT2D eigenvalue weighted by atomic mass is 16.6. The van der Waals surface area contributed by atoms with Crippen LogP contribution in [0.2, 0.25) is 0 Å². The molecule has 138 valence electrons. The lowest BCUT2D eigenvalue weighted by atomic mass is 9.97. The van der Waals surface area contributed by atoms with Crippen LogP contribution in [-0.4, -0.2) is 45.9 Å². The molecular formula is C19H27NO5. The number of benzene rings is 1. The molecule has 1 aliphatic heterocycles. The number of carbonyl (C=O) groups excluding carboxylic acids is 2.